The van der Waals surface area contributed by atoms with Crippen LogP contribution in [0.25, 0.3) is 0 Å². The fourth-order valence-corrected chi connectivity index (χ4v) is 8.01. The van der Waals surface area contributed by atoms with Gasteiger partial charge in [-0.05, 0) is 49.8 Å². The van der Waals surface area contributed by atoms with Crippen molar-refractivity contribution in [3.63, 3.8) is 0 Å². The number of alkyl halides is 2. The summed E-state index contributed by atoms with van der Waals surface area (Å²) < 4.78 is 38.3. The first kappa shape index (κ1) is 23.6. The summed E-state index contributed by atoms with van der Waals surface area (Å²) in [6.07, 6.45) is 0.619. The standard InChI is InChI=1S/C24H30F2O5S/c1-5-19(29)31-24(20(30)32)12(2)8-14-15-10-17(25)16-9-13(27)6-7-21(16,3)23(15,26)18(28)11-22(14,24)4/h6-7,9,12,14-15,17-18,28H,5,8,10-11H2,1-4H3,(H,30,32)/t12-,14+,15+,17+,18+,21+,22+,23+,24-/m1/s1. The fourth-order valence-electron chi connectivity index (χ4n) is 7.49. The van der Waals surface area contributed by atoms with Crippen LogP contribution in [-0.4, -0.2) is 45.5 Å². The van der Waals surface area contributed by atoms with Gasteiger partial charge < -0.3 is 9.84 Å². The van der Waals surface area contributed by atoms with E-state index in [9.17, 15) is 19.5 Å². The Hall–Kier alpha value is -1.54. The Bertz CT molecular complexity index is 949. The van der Waals surface area contributed by atoms with E-state index >= 15 is 8.78 Å². The van der Waals surface area contributed by atoms with Gasteiger partial charge in [-0.2, -0.15) is 0 Å². The second-order valence-electron chi connectivity index (χ2n) is 10.4. The maximum Gasteiger partial charge on any atom is 0.306 e. The monoisotopic (exact) mass is 468 g/mol. The molecule has 3 fully saturated rings. The summed E-state index contributed by atoms with van der Waals surface area (Å²) in [7, 11) is 0. The van der Waals surface area contributed by atoms with Crippen molar-refractivity contribution >= 4 is 29.5 Å². The van der Waals surface area contributed by atoms with Gasteiger partial charge in [0.15, 0.2) is 17.1 Å². The molecule has 0 unspecified atom stereocenters. The Morgan fingerprint density at radius 2 is 1.94 bits per heavy atom. The molecule has 0 amide bonds. The molecule has 9 atom stereocenters. The van der Waals surface area contributed by atoms with Crippen LogP contribution in [-0.2, 0) is 19.1 Å². The molecule has 3 saturated carbocycles. The van der Waals surface area contributed by atoms with Gasteiger partial charge in [0.25, 0.3) is 0 Å². The zero-order valence-corrected chi connectivity index (χ0v) is 19.6. The van der Waals surface area contributed by atoms with Crippen LogP contribution in [0.1, 0.15) is 53.4 Å². The highest BCUT2D eigenvalue weighted by atomic mass is 32.1. The van der Waals surface area contributed by atoms with Gasteiger partial charge in [-0.15, -0.1) is 12.6 Å². The Balaban J connectivity index is 1.87. The SMILES string of the molecule is CCC(=O)O[C@@]1(C(=O)S)[C@H](C)C[C@H]2[C@@H]3C[C@H](F)C4=CC(=O)C=C[C@]4(C)[C@@]3(F)[C@@H](O)C[C@@]21C. The smallest absolute Gasteiger partial charge is 0.306 e. The number of carbonyl (C=O) groups is 3. The minimum Gasteiger partial charge on any atom is -0.449 e. The number of esters is 1. The minimum absolute atomic E-state index is 0.0476. The minimum atomic E-state index is -2.24. The van der Waals surface area contributed by atoms with Gasteiger partial charge >= 0.3 is 5.97 Å². The van der Waals surface area contributed by atoms with E-state index in [1.54, 1.807) is 20.8 Å². The highest BCUT2D eigenvalue weighted by Crippen LogP contribution is 2.71. The average Bonchev–Trinajstić information content (AvgIpc) is 2.93. The number of halogens is 2. The summed E-state index contributed by atoms with van der Waals surface area (Å²) in [5, 5.41) is 10.7. The van der Waals surface area contributed by atoms with Gasteiger partial charge in [0.2, 0.25) is 5.12 Å². The topological polar surface area (TPSA) is 80.7 Å². The van der Waals surface area contributed by atoms with Crippen molar-refractivity contribution in [3.8, 4) is 0 Å². The third-order valence-electron chi connectivity index (χ3n) is 9.05. The lowest BCUT2D eigenvalue weighted by molar-refractivity contribution is -0.228. The van der Waals surface area contributed by atoms with E-state index in [0.717, 1.165) is 6.08 Å². The molecule has 0 aliphatic heterocycles. The molecule has 0 radical (unpaired) electrons. The second kappa shape index (κ2) is 7.23. The van der Waals surface area contributed by atoms with Gasteiger partial charge in [-0.25, -0.2) is 8.78 Å². The van der Waals surface area contributed by atoms with E-state index in [-0.39, 0.29) is 24.8 Å². The average molecular weight is 469 g/mol. The highest BCUT2D eigenvalue weighted by molar-refractivity contribution is 7.96. The molecule has 0 aromatic rings. The quantitative estimate of drug-likeness (QED) is 0.488. The lowest BCUT2D eigenvalue weighted by atomic mass is 9.44. The lowest BCUT2D eigenvalue weighted by Gasteiger charge is -2.63. The summed E-state index contributed by atoms with van der Waals surface area (Å²) in [6.45, 7) is 6.62. The Kier molecular flexibility index (Phi) is 5.33. The number of allylic oxidation sites excluding steroid dienone is 4. The molecule has 0 heterocycles. The van der Waals surface area contributed by atoms with Gasteiger partial charge in [-0.3, -0.25) is 14.4 Å². The van der Waals surface area contributed by atoms with Crippen LogP contribution < -0.4 is 0 Å². The predicted octanol–water partition coefficient (Wildman–Crippen LogP) is 3.70. The van der Waals surface area contributed by atoms with E-state index in [4.69, 9.17) is 4.74 Å². The van der Waals surface area contributed by atoms with Crippen molar-refractivity contribution in [3.05, 3.63) is 23.8 Å². The summed E-state index contributed by atoms with van der Waals surface area (Å²) in [5.41, 5.74) is -6.46. The fraction of sp³-hybridized carbons (Fsp3) is 0.708. The van der Waals surface area contributed by atoms with Gasteiger partial charge in [0.1, 0.15) is 6.17 Å². The van der Waals surface area contributed by atoms with E-state index in [1.165, 1.54) is 19.1 Å². The molecule has 176 valence electrons. The normalized spacial score (nSPS) is 49.6. The third kappa shape index (κ3) is 2.62. The number of ketones is 1. The Morgan fingerprint density at radius 3 is 2.53 bits per heavy atom. The number of fused-ring (bicyclic) bond motifs is 5. The number of ether oxygens (including phenoxy) is 1. The van der Waals surface area contributed by atoms with Crippen LogP contribution in [0, 0.1) is 28.6 Å². The van der Waals surface area contributed by atoms with Crippen LogP contribution >= 0.6 is 12.6 Å². The molecule has 0 aromatic carbocycles. The van der Waals surface area contributed by atoms with Crippen molar-refractivity contribution in [2.24, 2.45) is 28.6 Å². The maximum atomic E-state index is 17.1. The summed E-state index contributed by atoms with van der Waals surface area (Å²) in [6, 6.07) is 0. The number of carbonyl (C=O) groups excluding carboxylic acids is 3. The van der Waals surface area contributed by atoms with Crippen molar-refractivity contribution in [2.45, 2.75) is 76.9 Å². The van der Waals surface area contributed by atoms with Crippen molar-refractivity contribution in [1.29, 1.82) is 0 Å². The van der Waals surface area contributed by atoms with E-state index in [2.05, 4.69) is 12.6 Å². The molecule has 0 spiro atoms. The zero-order chi connectivity index (χ0) is 23.9. The molecule has 4 rings (SSSR count). The zero-order valence-electron chi connectivity index (χ0n) is 18.7. The summed E-state index contributed by atoms with van der Waals surface area (Å²) in [5.74, 6) is -2.94. The predicted molar refractivity (Wildman–Crippen MR) is 116 cm³/mol. The Morgan fingerprint density at radius 1 is 1.28 bits per heavy atom. The molecule has 0 saturated heterocycles. The number of aliphatic hydroxyl groups is 1. The van der Waals surface area contributed by atoms with E-state index < -0.39 is 69.0 Å². The first-order chi connectivity index (χ1) is 14.8. The molecular weight excluding hydrogens is 438 g/mol. The largest absolute Gasteiger partial charge is 0.449 e. The molecular formula is C24H30F2O5S. The molecule has 32 heavy (non-hydrogen) atoms. The van der Waals surface area contributed by atoms with Gasteiger partial charge in [-0.1, -0.05) is 26.8 Å². The van der Waals surface area contributed by atoms with Gasteiger partial charge in [0, 0.05) is 29.1 Å². The molecule has 0 bridgehead atoms. The van der Waals surface area contributed by atoms with Crippen molar-refractivity contribution < 1.29 is 33.0 Å². The lowest BCUT2D eigenvalue weighted by Crippen LogP contribution is -2.70. The number of aliphatic hydroxyl groups excluding tert-OH is 1. The molecule has 8 heteroatoms. The van der Waals surface area contributed by atoms with Gasteiger partial charge in [0.05, 0.1) is 6.10 Å². The molecule has 5 nitrogen and oxygen atoms in total. The van der Waals surface area contributed by atoms with Crippen molar-refractivity contribution in [2.75, 3.05) is 0 Å². The first-order valence-corrected chi connectivity index (χ1v) is 11.7. The molecule has 4 aliphatic carbocycles. The van der Waals surface area contributed by atoms with Crippen LogP contribution in [0.4, 0.5) is 8.78 Å². The number of rotatable bonds is 3. The number of thiol groups is 1. The molecule has 4 aliphatic rings. The second-order valence-corrected chi connectivity index (χ2v) is 10.8. The summed E-state index contributed by atoms with van der Waals surface area (Å²) in [4.78, 5) is 37.2. The number of hydrogen-bond acceptors (Lipinski definition) is 5. The third-order valence-corrected chi connectivity index (χ3v) is 9.38. The van der Waals surface area contributed by atoms with Crippen LogP contribution in [0.3, 0.4) is 0 Å². The summed E-state index contributed by atoms with van der Waals surface area (Å²) >= 11 is 4.09. The highest BCUT2D eigenvalue weighted by Gasteiger charge is 2.77. The van der Waals surface area contributed by atoms with E-state index in [1.807, 2.05) is 0 Å². The van der Waals surface area contributed by atoms with E-state index in [0.29, 0.717) is 6.42 Å². The molecule has 1 N–H and O–H groups in total. The maximum absolute atomic E-state index is 17.1. The Labute approximate surface area is 192 Å². The number of hydrogen-bond donors (Lipinski definition) is 2. The molecule has 0 aromatic heterocycles. The van der Waals surface area contributed by atoms with Crippen molar-refractivity contribution in [1.82, 2.24) is 0 Å². The van der Waals surface area contributed by atoms with Crippen LogP contribution in [0.15, 0.2) is 23.8 Å². The first-order valence-electron chi connectivity index (χ1n) is 11.2. The van der Waals surface area contributed by atoms with Crippen LogP contribution in [0.5, 0.6) is 0 Å². The van der Waals surface area contributed by atoms with Crippen LogP contribution in [0.2, 0.25) is 0 Å².